The number of benzene rings is 3. The Bertz CT molecular complexity index is 1420. The van der Waals surface area contributed by atoms with Crippen molar-refractivity contribution in [3.63, 3.8) is 0 Å². The van der Waals surface area contributed by atoms with E-state index in [9.17, 15) is 16.8 Å². The van der Waals surface area contributed by atoms with Gasteiger partial charge < -0.3 is 0 Å². The van der Waals surface area contributed by atoms with Crippen molar-refractivity contribution in [2.24, 2.45) is 11.8 Å². The van der Waals surface area contributed by atoms with Crippen LogP contribution in [0.15, 0.2) is 88.7 Å². The van der Waals surface area contributed by atoms with Gasteiger partial charge in [-0.15, -0.1) is 0 Å². The predicted molar refractivity (Wildman–Crippen MR) is 141 cm³/mol. The van der Waals surface area contributed by atoms with Gasteiger partial charge in [-0.3, -0.25) is 0 Å². The smallest absolute Gasteiger partial charge is 0.207 e. The molecule has 2 heterocycles. The molecule has 5 rings (SSSR count). The second kappa shape index (κ2) is 9.74. The zero-order chi connectivity index (χ0) is 25.5. The van der Waals surface area contributed by atoms with E-state index in [0.717, 1.165) is 17.5 Å². The molecule has 2 aliphatic heterocycles. The second-order valence-electron chi connectivity index (χ2n) is 10.0. The van der Waals surface area contributed by atoms with Crippen LogP contribution in [0.5, 0.6) is 0 Å². The Balaban J connectivity index is 1.48. The van der Waals surface area contributed by atoms with Crippen LogP contribution in [0.4, 0.5) is 0 Å². The van der Waals surface area contributed by atoms with Crippen molar-refractivity contribution in [2.75, 3.05) is 19.6 Å². The third kappa shape index (κ3) is 4.75. The van der Waals surface area contributed by atoms with Crippen LogP contribution in [0.1, 0.15) is 23.1 Å². The van der Waals surface area contributed by atoms with E-state index in [0.29, 0.717) is 19.5 Å². The lowest BCUT2D eigenvalue weighted by atomic mass is 9.82. The van der Waals surface area contributed by atoms with Crippen LogP contribution >= 0.6 is 0 Å². The van der Waals surface area contributed by atoms with Gasteiger partial charge >= 0.3 is 0 Å². The molecular formula is C28H32N2O4S2. The number of sulfonamides is 2. The van der Waals surface area contributed by atoms with Crippen LogP contribution in [0.3, 0.4) is 0 Å². The van der Waals surface area contributed by atoms with Crippen molar-refractivity contribution in [1.82, 2.24) is 8.61 Å². The van der Waals surface area contributed by atoms with Gasteiger partial charge in [0.2, 0.25) is 20.0 Å². The fourth-order valence-electron chi connectivity index (χ4n) is 5.61. The highest BCUT2D eigenvalue weighted by atomic mass is 32.2. The lowest BCUT2D eigenvalue weighted by Gasteiger charge is -2.38. The minimum absolute atomic E-state index is 0.0925. The third-order valence-corrected chi connectivity index (χ3v) is 11.4. The maximum Gasteiger partial charge on any atom is 0.243 e. The molecule has 0 aromatic heterocycles. The number of piperidine rings is 1. The summed E-state index contributed by atoms with van der Waals surface area (Å²) in [6.07, 6.45) is 1.40. The van der Waals surface area contributed by atoms with Gasteiger partial charge in [-0.25, -0.2) is 16.8 Å². The molecule has 190 valence electrons. The fraction of sp³-hybridized carbons (Fsp3) is 0.357. The van der Waals surface area contributed by atoms with E-state index in [1.165, 1.54) is 9.87 Å². The van der Waals surface area contributed by atoms with Crippen LogP contribution in [0.25, 0.3) is 0 Å². The molecule has 0 amide bonds. The van der Waals surface area contributed by atoms with Crippen molar-refractivity contribution >= 4 is 20.0 Å². The SMILES string of the molecule is Cc1ccc(S(=O)(=O)N2CC[C@@H]3[C@@H](Cc4ccccc4)CN(S(=O)(=O)c4ccc(C)cc4)[C@@H]3C2)cc1. The van der Waals surface area contributed by atoms with Gasteiger partial charge in [0.05, 0.1) is 9.79 Å². The zero-order valence-corrected chi connectivity index (χ0v) is 22.3. The normalized spacial score (nSPS) is 23.4. The molecule has 8 heteroatoms. The van der Waals surface area contributed by atoms with Gasteiger partial charge in [-0.2, -0.15) is 8.61 Å². The van der Waals surface area contributed by atoms with E-state index in [-0.39, 0.29) is 28.2 Å². The highest BCUT2D eigenvalue weighted by Crippen LogP contribution is 2.41. The third-order valence-electron chi connectivity index (χ3n) is 7.61. The highest BCUT2D eigenvalue weighted by Gasteiger charge is 2.50. The first-order chi connectivity index (χ1) is 17.2. The maximum atomic E-state index is 13.8. The molecule has 0 radical (unpaired) electrons. The predicted octanol–water partition coefficient (Wildman–Crippen LogP) is 4.25. The molecule has 3 atom stereocenters. The number of nitrogens with zero attached hydrogens (tertiary/aromatic N) is 2. The van der Waals surface area contributed by atoms with Gasteiger partial charge in [-0.05, 0) is 68.4 Å². The molecule has 36 heavy (non-hydrogen) atoms. The van der Waals surface area contributed by atoms with E-state index in [2.05, 4.69) is 12.1 Å². The van der Waals surface area contributed by atoms with Crippen molar-refractivity contribution < 1.29 is 16.8 Å². The van der Waals surface area contributed by atoms with Gasteiger partial charge in [0.1, 0.15) is 0 Å². The first kappa shape index (κ1) is 25.1. The molecule has 0 unspecified atom stereocenters. The van der Waals surface area contributed by atoms with Crippen molar-refractivity contribution in [3.05, 3.63) is 95.6 Å². The Morgan fingerprint density at radius 2 is 1.28 bits per heavy atom. The molecule has 0 aliphatic carbocycles. The van der Waals surface area contributed by atoms with Crippen molar-refractivity contribution in [1.29, 1.82) is 0 Å². The van der Waals surface area contributed by atoms with E-state index >= 15 is 0 Å². The molecule has 0 spiro atoms. The lowest BCUT2D eigenvalue weighted by Crippen LogP contribution is -2.51. The summed E-state index contributed by atoms with van der Waals surface area (Å²) < 4.78 is 57.7. The van der Waals surface area contributed by atoms with E-state index in [1.807, 2.05) is 32.0 Å². The maximum absolute atomic E-state index is 13.8. The quantitative estimate of drug-likeness (QED) is 0.483. The molecule has 0 N–H and O–H groups in total. The van der Waals surface area contributed by atoms with E-state index in [1.54, 1.807) is 52.8 Å². The highest BCUT2D eigenvalue weighted by molar-refractivity contribution is 7.89. The van der Waals surface area contributed by atoms with Gasteiger partial charge in [0, 0.05) is 25.7 Å². The Hall–Kier alpha value is -2.52. The summed E-state index contributed by atoms with van der Waals surface area (Å²) >= 11 is 0. The topological polar surface area (TPSA) is 74.8 Å². The average molecular weight is 525 g/mol. The summed E-state index contributed by atoms with van der Waals surface area (Å²) in [5.41, 5.74) is 3.15. The number of rotatable bonds is 6. The average Bonchev–Trinajstić information content (AvgIpc) is 3.23. The zero-order valence-electron chi connectivity index (χ0n) is 20.6. The number of aryl methyl sites for hydroxylation is 2. The summed E-state index contributed by atoms with van der Waals surface area (Å²) in [4.78, 5) is 0.504. The van der Waals surface area contributed by atoms with Crippen LogP contribution in [-0.4, -0.2) is 51.1 Å². The molecule has 0 saturated carbocycles. The van der Waals surface area contributed by atoms with Gasteiger partial charge in [0.25, 0.3) is 0 Å². The minimum atomic E-state index is -3.78. The van der Waals surface area contributed by atoms with Crippen molar-refractivity contribution in [2.45, 2.75) is 42.5 Å². The number of hydrogen-bond acceptors (Lipinski definition) is 4. The molecule has 2 aliphatic rings. The van der Waals surface area contributed by atoms with E-state index < -0.39 is 26.1 Å². The number of hydrogen-bond donors (Lipinski definition) is 0. The molecule has 2 saturated heterocycles. The van der Waals surface area contributed by atoms with Crippen LogP contribution in [-0.2, 0) is 26.5 Å². The molecule has 6 nitrogen and oxygen atoms in total. The summed E-state index contributed by atoms with van der Waals surface area (Å²) in [6.45, 7) is 4.78. The van der Waals surface area contributed by atoms with Gasteiger partial charge in [0.15, 0.2) is 0 Å². The second-order valence-corrected chi connectivity index (χ2v) is 13.9. The summed E-state index contributed by atoms with van der Waals surface area (Å²) in [5.74, 6) is 0.219. The molecule has 3 aromatic rings. The first-order valence-corrected chi connectivity index (χ1v) is 15.2. The minimum Gasteiger partial charge on any atom is -0.207 e. The Morgan fingerprint density at radius 1 is 0.722 bits per heavy atom. The molecule has 0 bridgehead atoms. The van der Waals surface area contributed by atoms with Crippen LogP contribution in [0, 0.1) is 25.7 Å². The lowest BCUT2D eigenvalue weighted by molar-refractivity contribution is 0.191. The van der Waals surface area contributed by atoms with Crippen LogP contribution in [0.2, 0.25) is 0 Å². The largest absolute Gasteiger partial charge is 0.243 e. The molecular weight excluding hydrogens is 492 g/mol. The summed E-state index contributed by atoms with van der Waals surface area (Å²) in [5, 5.41) is 0. The fourth-order valence-corrected chi connectivity index (χ4v) is 8.80. The standard InChI is InChI=1S/C28H32N2O4S2/c1-21-8-12-25(13-9-21)35(31,32)29-17-16-27-24(18-23-6-4-3-5-7-23)19-30(28(27)20-29)36(33,34)26-14-10-22(2)11-15-26/h3-15,24,27-28H,16-20H2,1-2H3/t24-,27+,28+/m0/s1. The summed E-state index contributed by atoms with van der Waals surface area (Å²) in [7, 11) is -7.50. The van der Waals surface area contributed by atoms with Gasteiger partial charge in [-0.1, -0.05) is 65.7 Å². The Kier molecular flexibility index (Phi) is 6.80. The van der Waals surface area contributed by atoms with Crippen LogP contribution < -0.4 is 0 Å². The number of fused-ring (bicyclic) bond motifs is 1. The Morgan fingerprint density at radius 3 is 1.86 bits per heavy atom. The molecule has 2 fully saturated rings. The first-order valence-electron chi connectivity index (χ1n) is 12.4. The summed E-state index contributed by atoms with van der Waals surface area (Å²) in [6, 6.07) is 23.5. The molecule has 3 aromatic carbocycles. The van der Waals surface area contributed by atoms with Crippen molar-refractivity contribution in [3.8, 4) is 0 Å². The monoisotopic (exact) mass is 524 g/mol. The Labute approximate surface area is 214 Å². The van der Waals surface area contributed by atoms with E-state index in [4.69, 9.17) is 0 Å².